The molecular weight excluding hydrogens is 344 g/mol. The summed E-state index contributed by atoms with van der Waals surface area (Å²) in [5.74, 6) is 0.109. The molecule has 0 saturated carbocycles. The van der Waals surface area contributed by atoms with Crippen molar-refractivity contribution in [3.05, 3.63) is 0 Å². The number of ether oxygens (including phenoxy) is 1. The summed E-state index contributed by atoms with van der Waals surface area (Å²) in [4.78, 5) is 38.8. The van der Waals surface area contributed by atoms with Crippen molar-refractivity contribution in [2.45, 2.75) is 56.6 Å². The lowest BCUT2D eigenvalue weighted by atomic mass is 10.0. The highest BCUT2D eigenvalue weighted by Crippen LogP contribution is 2.49. The maximum Gasteiger partial charge on any atom is 0.407 e. The lowest BCUT2D eigenvalue weighted by molar-refractivity contribution is -0.145. The molecule has 0 aromatic rings. The van der Waals surface area contributed by atoms with E-state index >= 15 is 0 Å². The number of carbonyl (C=O) groups excluding carboxylic acids is 2. The number of hydrogen-bond donors (Lipinski definition) is 1. The maximum absolute atomic E-state index is 12.9. The first kappa shape index (κ1) is 19.9. The fourth-order valence-electron chi connectivity index (χ4n) is 3.39. The van der Waals surface area contributed by atoms with Gasteiger partial charge in [0.15, 0.2) is 0 Å². The van der Waals surface area contributed by atoms with E-state index in [9.17, 15) is 19.5 Å². The van der Waals surface area contributed by atoms with Crippen LogP contribution in [0.25, 0.3) is 0 Å². The van der Waals surface area contributed by atoms with E-state index in [1.165, 1.54) is 16.7 Å². The van der Waals surface area contributed by atoms with Gasteiger partial charge in [0.05, 0.1) is 23.1 Å². The fraction of sp³-hybridized carbons (Fsp3) is 0.824. The lowest BCUT2D eigenvalue weighted by Crippen LogP contribution is -2.53. The topological polar surface area (TPSA) is 87.2 Å². The average molecular weight is 372 g/mol. The van der Waals surface area contributed by atoms with E-state index in [0.29, 0.717) is 45.0 Å². The van der Waals surface area contributed by atoms with E-state index in [1.807, 2.05) is 4.90 Å². The SMILES string of the molecule is CCOC(=O)CC1SC2(CCN(C(=O)O)CC2)N(CCC(C)C)C1=O. The molecule has 142 valence electrons. The molecule has 0 bridgehead atoms. The molecule has 1 unspecified atom stereocenters. The van der Waals surface area contributed by atoms with E-state index in [2.05, 4.69) is 13.8 Å². The summed E-state index contributed by atoms with van der Waals surface area (Å²) in [6.45, 7) is 7.77. The molecule has 0 aliphatic carbocycles. The number of piperidine rings is 1. The monoisotopic (exact) mass is 372 g/mol. The summed E-state index contributed by atoms with van der Waals surface area (Å²) in [6.07, 6.45) is 1.27. The van der Waals surface area contributed by atoms with Crippen LogP contribution in [-0.4, -0.2) is 69.2 Å². The van der Waals surface area contributed by atoms with Crippen LogP contribution in [0.3, 0.4) is 0 Å². The van der Waals surface area contributed by atoms with Gasteiger partial charge in [-0.25, -0.2) is 4.79 Å². The second kappa shape index (κ2) is 8.29. The first-order chi connectivity index (χ1) is 11.8. The quantitative estimate of drug-likeness (QED) is 0.721. The number of carbonyl (C=O) groups is 3. The lowest BCUT2D eigenvalue weighted by Gasteiger charge is -2.43. The third kappa shape index (κ3) is 4.59. The molecule has 1 atom stereocenters. The molecule has 2 amide bonds. The summed E-state index contributed by atoms with van der Waals surface area (Å²) < 4.78 is 5.00. The Hall–Kier alpha value is -1.44. The number of esters is 1. The van der Waals surface area contributed by atoms with Crippen LogP contribution in [0.1, 0.15) is 46.5 Å². The molecule has 7 nitrogen and oxygen atoms in total. The van der Waals surface area contributed by atoms with Crippen LogP contribution in [0.4, 0.5) is 4.79 Å². The number of carboxylic acid groups (broad SMARTS) is 1. The summed E-state index contributed by atoms with van der Waals surface area (Å²) in [5.41, 5.74) is 0. The van der Waals surface area contributed by atoms with Gasteiger partial charge in [-0.1, -0.05) is 13.8 Å². The van der Waals surface area contributed by atoms with Crippen LogP contribution < -0.4 is 0 Å². The minimum absolute atomic E-state index is 0.0116. The van der Waals surface area contributed by atoms with Gasteiger partial charge < -0.3 is 19.6 Å². The minimum atomic E-state index is -0.916. The van der Waals surface area contributed by atoms with Gasteiger partial charge in [0.25, 0.3) is 0 Å². The Labute approximate surface area is 153 Å². The second-order valence-corrected chi connectivity index (χ2v) is 8.57. The Kier molecular flexibility index (Phi) is 6.59. The van der Waals surface area contributed by atoms with E-state index < -0.39 is 16.2 Å². The predicted molar refractivity (Wildman–Crippen MR) is 95.4 cm³/mol. The average Bonchev–Trinajstić information content (AvgIpc) is 2.77. The van der Waals surface area contributed by atoms with Crippen LogP contribution in [0.15, 0.2) is 0 Å². The Morgan fingerprint density at radius 3 is 2.52 bits per heavy atom. The Balaban J connectivity index is 2.12. The zero-order chi connectivity index (χ0) is 18.6. The van der Waals surface area contributed by atoms with Gasteiger partial charge in [-0.3, -0.25) is 9.59 Å². The molecule has 25 heavy (non-hydrogen) atoms. The normalized spacial score (nSPS) is 22.7. The van der Waals surface area contributed by atoms with E-state index in [0.717, 1.165) is 6.42 Å². The Bertz CT molecular complexity index is 517. The third-order valence-corrected chi connectivity index (χ3v) is 6.52. The van der Waals surface area contributed by atoms with Crippen molar-refractivity contribution in [1.82, 2.24) is 9.80 Å². The van der Waals surface area contributed by atoms with E-state index in [1.54, 1.807) is 6.92 Å². The number of thioether (sulfide) groups is 1. The van der Waals surface area contributed by atoms with Crippen LogP contribution in [0.5, 0.6) is 0 Å². The summed E-state index contributed by atoms with van der Waals surface area (Å²) >= 11 is 1.53. The standard InChI is InChI=1S/C17H28N2O5S/c1-4-24-14(20)11-13-15(21)19(8-5-12(2)3)17(25-13)6-9-18(10-7-17)16(22)23/h12-13H,4-11H2,1-3H3,(H,22,23). The number of nitrogens with zero attached hydrogens (tertiary/aromatic N) is 2. The number of amides is 2. The molecule has 0 aromatic carbocycles. The van der Waals surface area contributed by atoms with E-state index in [4.69, 9.17) is 4.74 Å². The van der Waals surface area contributed by atoms with Gasteiger partial charge in [-0.05, 0) is 32.1 Å². The van der Waals surface area contributed by atoms with Crippen molar-refractivity contribution in [2.75, 3.05) is 26.2 Å². The van der Waals surface area contributed by atoms with Crippen LogP contribution in [0, 0.1) is 5.92 Å². The highest BCUT2D eigenvalue weighted by molar-refractivity contribution is 8.02. The van der Waals surface area contributed by atoms with E-state index in [-0.39, 0.29) is 18.3 Å². The Morgan fingerprint density at radius 1 is 1.36 bits per heavy atom. The van der Waals surface area contributed by atoms with Gasteiger partial charge in [-0.15, -0.1) is 11.8 Å². The number of rotatable bonds is 6. The molecule has 2 fully saturated rings. The van der Waals surface area contributed by atoms with Crippen molar-refractivity contribution < 1.29 is 24.2 Å². The zero-order valence-corrected chi connectivity index (χ0v) is 16.0. The molecule has 2 saturated heterocycles. The molecule has 1 N–H and O–H groups in total. The van der Waals surface area contributed by atoms with Gasteiger partial charge >= 0.3 is 12.1 Å². The fourth-order valence-corrected chi connectivity index (χ4v) is 5.09. The molecule has 2 heterocycles. The zero-order valence-electron chi connectivity index (χ0n) is 15.2. The van der Waals surface area contributed by atoms with Crippen molar-refractivity contribution in [3.63, 3.8) is 0 Å². The van der Waals surface area contributed by atoms with Crippen molar-refractivity contribution in [1.29, 1.82) is 0 Å². The molecule has 1 spiro atoms. The smallest absolute Gasteiger partial charge is 0.407 e. The highest BCUT2D eigenvalue weighted by atomic mass is 32.2. The summed E-state index contributed by atoms with van der Waals surface area (Å²) in [6, 6.07) is 0. The molecule has 0 radical (unpaired) electrons. The molecule has 8 heteroatoms. The largest absolute Gasteiger partial charge is 0.466 e. The first-order valence-electron chi connectivity index (χ1n) is 8.92. The molecule has 2 aliphatic heterocycles. The molecule has 0 aromatic heterocycles. The van der Waals surface area contributed by atoms with Gasteiger partial charge in [0.1, 0.15) is 0 Å². The minimum Gasteiger partial charge on any atom is -0.466 e. The van der Waals surface area contributed by atoms with Crippen molar-refractivity contribution in [3.8, 4) is 0 Å². The van der Waals surface area contributed by atoms with Crippen LogP contribution >= 0.6 is 11.8 Å². The van der Waals surface area contributed by atoms with Gasteiger partial charge in [-0.2, -0.15) is 0 Å². The summed E-state index contributed by atoms with van der Waals surface area (Å²) in [5, 5.41) is 8.74. The number of hydrogen-bond acceptors (Lipinski definition) is 5. The highest BCUT2D eigenvalue weighted by Gasteiger charge is 2.53. The van der Waals surface area contributed by atoms with Crippen LogP contribution in [0.2, 0.25) is 0 Å². The summed E-state index contributed by atoms with van der Waals surface area (Å²) in [7, 11) is 0. The van der Waals surface area contributed by atoms with Crippen LogP contribution in [-0.2, 0) is 14.3 Å². The second-order valence-electron chi connectivity index (χ2n) is 7.00. The maximum atomic E-state index is 12.9. The van der Waals surface area contributed by atoms with Crippen molar-refractivity contribution >= 4 is 29.7 Å². The predicted octanol–water partition coefficient (Wildman–Crippen LogP) is 2.40. The van der Waals surface area contributed by atoms with Crippen molar-refractivity contribution in [2.24, 2.45) is 5.92 Å². The third-order valence-electron chi connectivity index (χ3n) is 4.80. The first-order valence-corrected chi connectivity index (χ1v) is 9.80. The Morgan fingerprint density at radius 2 is 2.00 bits per heavy atom. The molecule has 2 rings (SSSR count). The van der Waals surface area contributed by atoms with Gasteiger partial charge in [0.2, 0.25) is 5.91 Å². The van der Waals surface area contributed by atoms with Gasteiger partial charge in [0, 0.05) is 19.6 Å². The molecular formula is C17H28N2O5S. The molecule has 2 aliphatic rings. The number of likely N-dealkylation sites (tertiary alicyclic amines) is 1.